The number of benzene rings is 1. The lowest BCUT2D eigenvalue weighted by Crippen LogP contribution is -2.46. The van der Waals surface area contributed by atoms with Crippen molar-refractivity contribution in [1.29, 1.82) is 0 Å². The Morgan fingerprint density at radius 3 is 2.68 bits per heavy atom. The zero-order chi connectivity index (χ0) is 18.0. The summed E-state index contributed by atoms with van der Waals surface area (Å²) in [5.41, 5.74) is 6.01. The molecule has 3 heteroatoms. The number of halogens is 1. The minimum Gasteiger partial charge on any atom is -0.296 e. The van der Waals surface area contributed by atoms with Gasteiger partial charge in [-0.3, -0.25) is 4.90 Å². The summed E-state index contributed by atoms with van der Waals surface area (Å²) >= 11 is 0.510. The van der Waals surface area contributed by atoms with Crippen LogP contribution in [0.1, 0.15) is 67.8 Å². The molecule has 3 rings (SSSR count). The molecule has 25 heavy (non-hydrogen) atoms. The van der Waals surface area contributed by atoms with Gasteiger partial charge in [-0.15, -0.1) is 0 Å². The van der Waals surface area contributed by atoms with Crippen LogP contribution in [0.4, 0.5) is 3.89 Å². The molecule has 3 atom stereocenters. The quantitative estimate of drug-likeness (QED) is 0.547. The van der Waals surface area contributed by atoms with Crippen LogP contribution in [-0.4, -0.2) is 23.7 Å². The Labute approximate surface area is 158 Å². The maximum absolute atomic E-state index is 12.5. The van der Waals surface area contributed by atoms with Gasteiger partial charge in [0, 0.05) is 37.0 Å². The number of fused-ring (bicyclic) bond motifs is 3. The minimum atomic E-state index is 0.510. The van der Waals surface area contributed by atoms with Gasteiger partial charge < -0.3 is 0 Å². The molecule has 0 aliphatic carbocycles. The summed E-state index contributed by atoms with van der Waals surface area (Å²) in [6, 6.07) is 5.48. The van der Waals surface area contributed by atoms with E-state index in [9.17, 15) is 3.89 Å². The van der Waals surface area contributed by atoms with E-state index in [-0.39, 0.29) is 0 Å². The second-order valence-electron chi connectivity index (χ2n) is 8.74. The molecule has 0 N–H and O–H groups in total. The van der Waals surface area contributed by atoms with Crippen LogP contribution in [0.25, 0.3) is 0 Å². The number of hydrogen-bond acceptors (Lipinski definition) is 2. The molecule has 2 aliphatic heterocycles. The van der Waals surface area contributed by atoms with Crippen molar-refractivity contribution in [1.82, 2.24) is 4.90 Å². The predicted octanol–water partition coefficient (Wildman–Crippen LogP) is 6.28. The molecule has 1 saturated heterocycles. The fourth-order valence-corrected chi connectivity index (χ4v) is 5.37. The molecular weight excluding hydrogens is 329 g/mol. The van der Waals surface area contributed by atoms with Gasteiger partial charge in [0.05, 0.1) is 0 Å². The van der Waals surface area contributed by atoms with E-state index in [4.69, 9.17) is 0 Å². The van der Waals surface area contributed by atoms with Crippen LogP contribution in [0.15, 0.2) is 12.1 Å². The molecular formula is C22H34FNS. The Morgan fingerprint density at radius 1 is 1.20 bits per heavy atom. The first-order valence-electron chi connectivity index (χ1n) is 10.1. The molecule has 0 spiro atoms. The van der Waals surface area contributed by atoms with Gasteiger partial charge in [0.1, 0.15) is 0 Å². The van der Waals surface area contributed by atoms with Crippen molar-refractivity contribution in [3.63, 3.8) is 0 Å². The summed E-state index contributed by atoms with van der Waals surface area (Å²) in [5, 5.41) is 0. The van der Waals surface area contributed by atoms with E-state index in [0.717, 1.165) is 24.2 Å². The Morgan fingerprint density at radius 2 is 1.96 bits per heavy atom. The van der Waals surface area contributed by atoms with Crippen LogP contribution in [0, 0.1) is 31.6 Å². The highest BCUT2D eigenvalue weighted by molar-refractivity contribution is 7.94. The zero-order valence-corrected chi connectivity index (χ0v) is 17.2. The highest BCUT2D eigenvalue weighted by Crippen LogP contribution is 2.44. The third-order valence-corrected chi connectivity index (χ3v) is 6.90. The van der Waals surface area contributed by atoms with Gasteiger partial charge >= 0.3 is 0 Å². The molecule has 2 aliphatic rings. The molecule has 140 valence electrons. The monoisotopic (exact) mass is 363 g/mol. The Bertz CT molecular complexity index is 586. The second-order valence-corrected chi connectivity index (χ2v) is 9.36. The van der Waals surface area contributed by atoms with Crippen molar-refractivity contribution < 1.29 is 3.89 Å². The van der Waals surface area contributed by atoms with Crippen molar-refractivity contribution in [2.24, 2.45) is 17.8 Å². The first kappa shape index (κ1) is 19.2. The highest BCUT2D eigenvalue weighted by Gasteiger charge is 2.38. The molecule has 0 amide bonds. The lowest BCUT2D eigenvalue weighted by atomic mass is 9.72. The van der Waals surface area contributed by atoms with E-state index in [1.165, 1.54) is 49.9 Å². The van der Waals surface area contributed by atoms with Crippen LogP contribution in [0.2, 0.25) is 0 Å². The van der Waals surface area contributed by atoms with Crippen molar-refractivity contribution in [3.05, 3.63) is 34.4 Å². The fraction of sp³-hybridized carbons (Fsp3) is 0.727. The molecule has 0 saturated carbocycles. The van der Waals surface area contributed by atoms with E-state index in [0.29, 0.717) is 23.9 Å². The van der Waals surface area contributed by atoms with Crippen molar-refractivity contribution >= 4 is 12.1 Å². The molecule has 0 unspecified atom stereocenters. The van der Waals surface area contributed by atoms with Crippen molar-refractivity contribution in [2.45, 2.75) is 65.8 Å². The van der Waals surface area contributed by atoms with Gasteiger partial charge in [-0.2, -0.15) is 3.89 Å². The number of rotatable bonds is 6. The summed E-state index contributed by atoms with van der Waals surface area (Å²) in [7, 11) is 0. The first-order chi connectivity index (χ1) is 12.0. The predicted molar refractivity (Wildman–Crippen MR) is 108 cm³/mol. The van der Waals surface area contributed by atoms with E-state index in [1.54, 1.807) is 11.1 Å². The summed E-state index contributed by atoms with van der Waals surface area (Å²) in [4.78, 5) is 2.75. The number of aryl methyl sites for hydroxylation is 2. The highest BCUT2D eigenvalue weighted by atomic mass is 32.2. The lowest BCUT2D eigenvalue weighted by Gasteiger charge is -2.48. The maximum Gasteiger partial charge on any atom is 0.0443 e. The topological polar surface area (TPSA) is 3.24 Å². The van der Waals surface area contributed by atoms with Crippen LogP contribution in [0.5, 0.6) is 0 Å². The molecule has 1 fully saturated rings. The molecule has 0 radical (unpaired) electrons. The molecule has 0 aromatic heterocycles. The van der Waals surface area contributed by atoms with Crippen LogP contribution in [-0.2, 0) is 6.42 Å². The van der Waals surface area contributed by atoms with Crippen LogP contribution < -0.4 is 0 Å². The average molecular weight is 364 g/mol. The summed E-state index contributed by atoms with van der Waals surface area (Å²) in [6.07, 6.45) is 6.00. The lowest BCUT2D eigenvalue weighted by molar-refractivity contribution is 0.0408. The van der Waals surface area contributed by atoms with E-state index >= 15 is 0 Å². The van der Waals surface area contributed by atoms with Gasteiger partial charge in [-0.1, -0.05) is 26.0 Å². The molecule has 0 bridgehead atoms. The number of nitrogens with zero attached hydrogens (tertiary/aromatic N) is 1. The van der Waals surface area contributed by atoms with Crippen molar-refractivity contribution in [3.8, 4) is 0 Å². The second kappa shape index (κ2) is 8.43. The zero-order valence-electron chi connectivity index (χ0n) is 16.4. The van der Waals surface area contributed by atoms with Gasteiger partial charge in [0.15, 0.2) is 0 Å². The smallest absolute Gasteiger partial charge is 0.0443 e. The third-order valence-electron chi connectivity index (χ3n) is 6.46. The van der Waals surface area contributed by atoms with E-state index in [1.807, 2.05) is 0 Å². The van der Waals surface area contributed by atoms with Crippen molar-refractivity contribution in [2.75, 3.05) is 18.8 Å². The fourth-order valence-electron chi connectivity index (χ4n) is 5.09. The molecule has 1 aromatic carbocycles. The van der Waals surface area contributed by atoms with Crippen LogP contribution in [0.3, 0.4) is 0 Å². The van der Waals surface area contributed by atoms with Gasteiger partial charge in [-0.05, 0) is 86.0 Å². The van der Waals surface area contributed by atoms with Gasteiger partial charge in [0.25, 0.3) is 0 Å². The van der Waals surface area contributed by atoms with Crippen LogP contribution >= 0.6 is 12.1 Å². The SMILES string of the molecule is Cc1cc2c(cc1C)[C@@H]1C[C@@H](CCCSF)[C@@H](CC(C)C)CN1CC2. The minimum absolute atomic E-state index is 0.510. The Balaban J connectivity index is 1.81. The molecule has 1 nitrogen and oxygen atoms in total. The Hall–Kier alpha value is -0.540. The summed E-state index contributed by atoms with van der Waals surface area (Å²) < 4.78 is 12.5. The third kappa shape index (κ3) is 4.42. The van der Waals surface area contributed by atoms with E-state index in [2.05, 4.69) is 44.7 Å². The van der Waals surface area contributed by atoms with Gasteiger partial charge in [0.2, 0.25) is 0 Å². The average Bonchev–Trinajstić information content (AvgIpc) is 2.56. The standard InChI is InChI=1S/C22H34FNS/c1-15(2)10-20-14-24-8-7-19-11-16(3)17(4)12-21(19)22(24)13-18(20)6-5-9-25-23/h11-12,15,18,20,22H,5-10,13-14H2,1-4H3/t18-,20+,22+/m1/s1. The maximum atomic E-state index is 12.5. The summed E-state index contributed by atoms with van der Waals surface area (Å²) in [6.45, 7) is 11.6. The van der Waals surface area contributed by atoms with Gasteiger partial charge in [-0.25, -0.2) is 0 Å². The first-order valence-corrected chi connectivity index (χ1v) is 11.0. The number of hydrogen-bond donors (Lipinski definition) is 0. The normalized spacial score (nSPS) is 26.6. The van der Waals surface area contributed by atoms with E-state index < -0.39 is 0 Å². The molecule has 2 heterocycles. The number of piperidine rings is 1. The largest absolute Gasteiger partial charge is 0.296 e. The molecule has 1 aromatic rings. The summed E-state index contributed by atoms with van der Waals surface area (Å²) in [5.74, 6) is 2.95. The Kier molecular flexibility index (Phi) is 6.49.